The second-order valence-corrected chi connectivity index (χ2v) is 7.43. The van der Waals surface area contributed by atoms with Gasteiger partial charge < -0.3 is 10.5 Å². The summed E-state index contributed by atoms with van der Waals surface area (Å²) in [5, 5.41) is 9.26. The van der Waals surface area contributed by atoms with E-state index in [1.54, 1.807) is 13.0 Å². The maximum absolute atomic E-state index is 11.5. The van der Waals surface area contributed by atoms with Gasteiger partial charge in [-0.05, 0) is 50.2 Å². The summed E-state index contributed by atoms with van der Waals surface area (Å²) in [5.74, 6) is 0.942. The number of rotatable bonds is 7. The molecular weight excluding hydrogens is 384 g/mol. The second-order valence-electron chi connectivity index (χ2n) is 5.71. The van der Waals surface area contributed by atoms with Crippen molar-refractivity contribution in [3.05, 3.63) is 53.6 Å². The summed E-state index contributed by atoms with van der Waals surface area (Å²) in [6.45, 7) is 4.26. The predicted octanol–water partition coefficient (Wildman–Crippen LogP) is 3.95. The number of benzene rings is 2. The number of hydrogen-bond acceptors (Lipinski definition) is 5. The zero-order valence-electron chi connectivity index (χ0n) is 14.9. The first-order chi connectivity index (χ1) is 13.0. The van der Waals surface area contributed by atoms with Crippen molar-refractivity contribution < 1.29 is 9.53 Å². The highest BCUT2D eigenvalue weighted by Crippen LogP contribution is 2.33. The fourth-order valence-electron chi connectivity index (χ4n) is 2.47. The molecule has 140 valence electrons. The summed E-state index contributed by atoms with van der Waals surface area (Å²) < 4.78 is 7.37. The molecular formula is C19H19ClN4O2S. The Balaban J connectivity index is 2.11. The molecule has 3 rings (SSSR count). The largest absolute Gasteiger partial charge is 0.494 e. The van der Waals surface area contributed by atoms with E-state index in [1.165, 1.54) is 11.8 Å². The van der Waals surface area contributed by atoms with Crippen LogP contribution in [-0.4, -0.2) is 32.5 Å². The molecule has 6 nitrogen and oxygen atoms in total. The molecule has 1 amide bonds. The van der Waals surface area contributed by atoms with E-state index in [4.69, 9.17) is 22.1 Å². The lowest BCUT2D eigenvalue weighted by atomic mass is 10.2. The zero-order chi connectivity index (χ0) is 19.4. The Morgan fingerprint density at radius 3 is 2.56 bits per heavy atom. The molecule has 0 radical (unpaired) electrons. The zero-order valence-corrected chi connectivity index (χ0v) is 16.5. The van der Waals surface area contributed by atoms with Crippen molar-refractivity contribution in [3.8, 4) is 22.8 Å². The maximum atomic E-state index is 11.5. The van der Waals surface area contributed by atoms with Crippen molar-refractivity contribution in [3.63, 3.8) is 0 Å². The summed E-state index contributed by atoms with van der Waals surface area (Å²) in [4.78, 5) is 11.5. The summed E-state index contributed by atoms with van der Waals surface area (Å²) >= 11 is 7.62. The van der Waals surface area contributed by atoms with Crippen molar-refractivity contribution in [2.75, 3.05) is 6.61 Å². The second kappa shape index (κ2) is 8.45. The Morgan fingerprint density at radius 2 is 1.93 bits per heavy atom. The number of halogens is 1. The average molecular weight is 403 g/mol. The first kappa shape index (κ1) is 19.3. The van der Waals surface area contributed by atoms with Crippen molar-refractivity contribution in [2.24, 2.45) is 5.73 Å². The number of nitrogens with two attached hydrogens (primary N) is 1. The maximum Gasteiger partial charge on any atom is 0.230 e. The van der Waals surface area contributed by atoms with Gasteiger partial charge in [-0.25, -0.2) is 0 Å². The number of carbonyl (C=O) groups excluding carboxylic acids is 1. The monoisotopic (exact) mass is 402 g/mol. The smallest absolute Gasteiger partial charge is 0.230 e. The number of primary amides is 1. The first-order valence-electron chi connectivity index (χ1n) is 8.40. The molecule has 3 aromatic rings. The third-order valence-corrected chi connectivity index (χ3v) is 5.23. The highest BCUT2D eigenvalue weighted by molar-refractivity contribution is 8.00. The van der Waals surface area contributed by atoms with Gasteiger partial charge in [-0.2, -0.15) is 0 Å². The summed E-state index contributed by atoms with van der Waals surface area (Å²) in [7, 11) is 0. The van der Waals surface area contributed by atoms with Crippen LogP contribution in [0.15, 0.2) is 53.7 Å². The average Bonchev–Trinajstić information content (AvgIpc) is 3.06. The van der Waals surface area contributed by atoms with Crippen LogP contribution in [0, 0.1) is 0 Å². The van der Waals surface area contributed by atoms with Crippen LogP contribution in [0.3, 0.4) is 0 Å². The normalized spacial score (nSPS) is 12.0. The highest BCUT2D eigenvalue weighted by Gasteiger charge is 2.21. The van der Waals surface area contributed by atoms with Crippen LogP contribution in [0.2, 0.25) is 5.02 Å². The Labute approximate surface area is 166 Å². The van der Waals surface area contributed by atoms with Gasteiger partial charge in [0.1, 0.15) is 5.75 Å². The van der Waals surface area contributed by atoms with Crippen LogP contribution in [0.4, 0.5) is 0 Å². The van der Waals surface area contributed by atoms with Crippen LogP contribution in [0.1, 0.15) is 13.8 Å². The predicted molar refractivity (Wildman–Crippen MR) is 107 cm³/mol. The van der Waals surface area contributed by atoms with E-state index >= 15 is 0 Å². The molecule has 0 aliphatic heterocycles. The van der Waals surface area contributed by atoms with Gasteiger partial charge in [0.15, 0.2) is 11.0 Å². The molecule has 1 atom stereocenters. The molecule has 27 heavy (non-hydrogen) atoms. The topological polar surface area (TPSA) is 83.0 Å². The van der Waals surface area contributed by atoms with Crippen molar-refractivity contribution in [1.82, 2.24) is 14.8 Å². The molecule has 2 N–H and O–H groups in total. The molecule has 1 aromatic heterocycles. The van der Waals surface area contributed by atoms with Crippen LogP contribution < -0.4 is 10.5 Å². The minimum Gasteiger partial charge on any atom is -0.494 e. The van der Waals surface area contributed by atoms with E-state index in [1.807, 2.05) is 54.0 Å². The fourth-order valence-corrected chi connectivity index (χ4v) is 3.51. The van der Waals surface area contributed by atoms with Crippen molar-refractivity contribution in [1.29, 1.82) is 0 Å². The minimum atomic E-state index is -0.449. The Kier molecular flexibility index (Phi) is 6.03. The quantitative estimate of drug-likeness (QED) is 0.605. The number of thioether (sulfide) groups is 1. The molecule has 0 spiro atoms. The SMILES string of the molecule is CCOc1ccc(-n2c(S[C@@H](C)C(N)=O)nnc2-c2ccccc2Cl)cc1. The number of hydrogen-bond donors (Lipinski definition) is 1. The van der Waals surface area contributed by atoms with Crippen molar-refractivity contribution in [2.45, 2.75) is 24.3 Å². The highest BCUT2D eigenvalue weighted by atomic mass is 35.5. The number of amides is 1. The third-order valence-electron chi connectivity index (χ3n) is 3.84. The number of carbonyl (C=O) groups is 1. The molecule has 2 aromatic carbocycles. The third kappa shape index (κ3) is 4.26. The molecule has 0 fully saturated rings. The lowest BCUT2D eigenvalue weighted by Crippen LogP contribution is -2.23. The Morgan fingerprint density at radius 1 is 1.22 bits per heavy atom. The summed E-state index contributed by atoms with van der Waals surface area (Å²) in [5.41, 5.74) is 6.99. The van der Waals surface area contributed by atoms with E-state index in [-0.39, 0.29) is 0 Å². The van der Waals surface area contributed by atoms with E-state index in [2.05, 4.69) is 10.2 Å². The first-order valence-corrected chi connectivity index (χ1v) is 9.66. The molecule has 8 heteroatoms. The van der Waals surface area contributed by atoms with Crippen LogP contribution in [-0.2, 0) is 4.79 Å². The van der Waals surface area contributed by atoms with Gasteiger partial charge in [0, 0.05) is 11.3 Å². The molecule has 1 heterocycles. The van der Waals surface area contributed by atoms with Gasteiger partial charge in [-0.1, -0.05) is 35.5 Å². The minimum absolute atomic E-state index is 0.416. The van der Waals surface area contributed by atoms with E-state index < -0.39 is 11.2 Å². The van der Waals surface area contributed by atoms with Gasteiger partial charge in [0.05, 0.1) is 16.9 Å². The molecule has 0 aliphatic carbocycles. The van der Waals surface area contributed by atoms with Gasteiger partial charge in [-0.3, -0.25) is 9.36 Å². The standard InChI is InChI=1S/C19H19ClN4O2S/c1-3-26-14-10-8-13(9-11-14)24-18(15-6-4-5-7-16(15)20)22-23-19(24)27-12(2)17(21)25/h4-12H,3H2,1-2H3,(H2,21,25)/t12-/m0/s1. The van der Waals surface area contributed by atoms with E-state index in [9.17, 15) is 4.79 Å². The van der Waals surface area contributed by atoms with E-state index in [0.29, 0.717) is 22.6 Å². The lowest BCUT2D eigenvalue weighted by molar-refractivity contribution is -0.117. The Hall–Kier alpha value is -2.51. The van der Waals surface area contributed by atoms with Crippen LogP contribution in [0.5, 0.6) is 5.75 Å². The van der Waals surface area contributed by atoms with Gasteiger partial charge in [-0.15, -0.1) is 10.2 Å². The lowest BCUT2D eigenvalue weighted by Gasteiger charge is -2.13. The van der Waals surface area contributed by atoms with Gasteiger partial charge in [0.2, 0.25) is 5.91 Å². The number of nitrogens with zero attached hydrogens (tertiary/aromatic N) is 3. The van der Waals surface area contributed by atoms with Crippen molar-refractivity contribution >= 4 is 29.3 Å². The van der Waals surface area contributed by atoms with E-state index in [0.717, 1.165) is 17.0 Å². The van der Waals surface area contributed by atoms with Crippen LogP contribution >= 0.6 is 23.4 Å². The summed E-state index contributed by atoms with van der Waals surface area (Å²) in [6.07, 6.45) is 0. The molecule has 0 aliphatic rings. The number of ether oxygens (including phenoxy) is 1. The molecule has 0 saturated heterocycles. The van der Waals surface area contributed by atoms with Crippen LogP contribution in [0.25, 0.3) is 17.1 Å². The fraction of sp³-hybridized carbons (Fsp3) is 0.211. The summed E-state index contributed by atoms with van der Waals surface area (Å²) in [6, 6.07) is 15.0. The Bertz CT molecular complexity index is 943. The van der Waals surface area contributed by atoms with Gasteiger partial charge in [0.25, 0.3) is 0 Å². The molecule has 0 unspecified atom stereocenters. The molecule has 0 bridgehead atoms. The molecule has 0 saturated carbocycles. The van der Waals surface area contributed by atoms with Gasteiger partial charge >= 0.3 is 0 Å². The number of aromatic nitrogens is 3.